The van der Waals surface area contributed by atoms with Crippen molar-refractivity contribution in [3.05, 3.63) is 35.4 Å². The predicted molar refractivity (Wildman–Crippen MR) is 85.3 cm³/mol. The fraction of sp³-hybridized carbons (Fsp3) is 0.611. The molecule has 1 saturated heterocycles. The number of nitrogens with zero attached hydrogens (tertiary/aromatic N) is 1. The minimum Gasteiger partial charge on any atom is -0.465 e. The summed E-state index contributed by atoms with van der Waals surface area (Å²) in [5.74, 6) is -0.339. The molecule has 1 aliphatic heterocycles. The molecule has 2 unspecified atom stereocenters. The Morgan fingerprint density at radius 2 is 1.92 bits per heavy atom. The molecule has 1 aliphatic rings. The van der Waals surface area contributed by atoms with Gasteiger partial charge < -0.3 is 4.74 Å². The minimum atomic E-state index is -4.33. The van der Waals surface area contributed by atoms with E-state index in [0.717, 1.165) is 37.1 Å². The van der Waals surface area contributed by atoms with Crippen molar-refractivity contribution in [3.8, 4) is 0 Å². The Hall–Kier alpha value is -1.56. The van der Waals surface area contributed by atoms with E-state index in [2.05, 4.69) is 4.90 Å². The van der Waals surface area contributed by atoms with Crippen LogP contribution in [0.3, 0.4) is 0 Å². The number of alkyl halides is 3. The van der Waals surface area contributed by atoms with Crippen LogP contribution in [0.2, 0.25) is 0 Å². The summed E-state index contributed by atoms with van der Waals surface area (Å²) in [6.45, 7) is 4.73. The van der Waals surface area contributed by atoms with Crippen molar-refractivity contribution in [2.45, 2.75) is 38.9 Å². The van der Waals surface area contributed by atoms with E-state index in [1.165, 1.54) is 12.1 Å². The number of hydrogen-bond acceptors (Lipinski definition) is 3. The number of esters is 1. The van der Waals surface area contributed by atoms with Gasteiger partial charge in [0.1, 0.15) is 0 Å². The van der Waals surface area contributed by atoms with Gasteiger partial charge in [-0.25, -0.2) is 0 Å². The largest absolute Gasteiger partial charge is 0.465 e. The zero-order valence-electron chi connectivity index (χ0n) is 14.3. The van der Waals surface area contributed by atoms with E-state index in [0.29, 0.717) is 6.61 Å². The van der Waals surface area contributed by atoms with Gasteiger partial charge in [0.2, 0.25) is 0 Å². The highest BCUT2D eigenvalue weighted by Gasteiger charge is 2.34. The molecule has 0 amide bonds. The molecule has 0 aromatic heterocycles. The van der Waals surface area contributed by atoms with Crippen LogP contribution in [0.15, 0.2) is 24.3 Å². The molecule has 24 heavy (non-hydrogen) atoms. The molecule has 0 aliphatic carbocycles. The van der Waals surface area contributed by atoms with Gasteiger partial charge in [0, 0.05) is 12.0 Å². The highest BCUT2D eigenvalue weighted by Crippen LogP contribution is 2.37. The molecular weight excluding hydrogens is 319 g/mol. The quantitative estimate of drug-likeness (QED) is 0.764. The number of likely N-dealkylation sites (tertiary alicyclic amines) is 1. The summed E-state index contributed by atoms with van der Waals surface area (Å²) in [5, 5.41) is 0. The Labute approximate surface area is 140 Å². The van der Waals surface area contributed by atoms with E-state index in [9.17, 15) is 18.0 Å². The molecular formula is C18H24F3NO2. The summed E-state index contributed by atoms with van der Waals surface area (Å²) in [5.41, 5.74) is 0.184. The summed E-state index contributed by atoms with van der Waals surface area (Å²) < 4.78 is 43.6. The van der Waals surface area contributed by atoms with Crippen molar-refractivity contribution in [1.82, 2.24) is 4.90 Å². The lowest BCUT2D eigenvalue weighted by Crippen LogP contribution is -2.38. The Balaban J connectivity index is 2.15. The third-order valence-corrected chi connectivity index (χ3v) is 4.50. The lowest BCUT2D eigenvalue weighted by molar-refractivity contribution is -0.150. The third-order valence-electron chi connectivity index (χ3n) is 4.50. The van der Waals surface area contributed by atoms with Crippen LogP contribution < -0.4 is 0 Å². The maximum atomic E-state index is 12.7. The average Bonchev–Trinajstić information content (AvgIpc) is 2.51. The second-order valence-electron chi connectivity index (χ2n) is 6.73. The van der Waals surface area contributed by atoms with Gasteiger partial charge in [0.25, 0.3) is 0 Å². The van der Waals surface area contributed by atoms with E-state index in [4.69, 9.17) is 4.74 Å². The first-order chi connectivity index (χ1) is 11.2. The van der Waals surface area contributed by atoms with Gasteiger partial charge in [-0.1, -0.05) is 26.0 Å². The fourth-order valence-corrected chi connectivity index (χ4v) is 3.19. The number of ether oxygens (including phenoxy) is 1. The fourth-order valence-electron chi connectivity index (χ4n) is 3.19. The monoisotopic (exact) mass is 343 g/mol. The first-order valence-corrected chi connectivity index (χ1v) is 8.24. The van der Waals surface area contributed by atoms with Crippen molar-refractivity contribution in [3.63, 3.8) is 0 Å². The minimum absolute atomic E-state index is 0.0407. The molecule has 3 nitrogen and oxygen atoms in total. The Morgan fingerprint density at radius 3 is 2.46 bits per heavy atom. The molecule has 0 spiro atoms. The molecule has 1 heterocycles. The average molecular weight is 343 g/mol. The number of piperidine rings is 1. The standard InChI is InChI=1S/C18H24F3NO2/c1-12(2)17(23)24-11-14-5-4-10-22(3)16(14)13-6-8-15(9-7-13)18(19,20)21/h6-9,12,14,16H,4-5,10-11H2,1-3H3. The first kappa shape index (κ1) is 18.8. The maximum Gasteiger partial charge on any atom is 0.416 e. The Bertz CT molecular complexity index is 554. The summed E-state index contributed by atoms with van der Waals surface area (Å²) in [4.78, 5) is 13.8. The number of benzene rings is 1. The number of halogens is 3. The highest BCUT2D eigenvalue weighted by atomic mass is 19.4. The van der Waals surface area contributed by atoms with E-state index in [1.54, 1.807) is 13.8 Å². The van der Waals surface area contributed by atoms with Gasteiger partial charge in [0.15, 0.2) is 0 Å². The number of rotatable bonds is 4. The molecule has 0 radical (unpaired) electrons. The predicted octanol–water partition coefficient (Wildman–Crippen LogP) is 4.29. The summed E-state index contributed by atoms with van der Waals surface area (Å²) in [7, 11) is 1.96. The van der Waals surface area contributed by atoms with Gasteiger partial charge in [-0.3, -0.25) is 9.69 Å². The van der Waals surface area contributed by atoms with Gasteiger partial charge in [-0.15, -0.1) is 0 Å². The van der Waals surface area contributed by atoms with Crippen LogP contribution in [0.4, 0.5) is 13.2 Å². The zero-order chi connectivity index (χ0) is 17.9. The molecule has 2 atom stereocenters. The summed E-state index contributed by atoms with van der Waals surface area (Å²) >= 11 is 0. The van der Waals surface area contributed by atoms with Crippen LogP contribution in [-0.4, -0.2) is 31.1 Å². The maximum absolute atomic E-state index is 12.7. The van der Waals surface area contributed by atoms with Crippen molar-refractivity contribution in [2.75, 3.05) is 20.2 Å². The van der Waals surface area contributed by atoms with Crippen molar-refractivity contribution >= 4 is 5.97 Å². The summed E-state index contributed by atoms with van der Waals surface area (Å²) in [6, 6.07) is 5.27. The molecule has 0 saturated carbocycles. The van der Waals surface area contributed by atoms with Gasteiger partial charge >= 0.3 is 12.1 Å². The van der Waals surface area contributed by atoms with Crippen LogP contribution in [0.25, 0.3) is 0 Å². The lowest BCUT2D eigenvalue weighted by atomic mass is 9.85. The van der Waals surface area contributed by atoms with E-state index in [1.807, 2.05) is 7.05 Å². The number of hydrogen-bond donors (Lipinski definition) is 0. The molecule has 1 fully saturated rings. The van der Waals surface area contributed by atoms with Crippen LogP contribution in [-0.2, 0) is 15.7 Å². The van der Waals surface area contributed by atoms with Gasteiger partial charge in [-0.05, 0) is 44.1 Å². The van der Waals surface area contributed by atoms with Gasteiger partial charge in [0.05, 0.1) is 18.1 Å². The van der Waals surface area contributed by atoms with Gasteiger partial charge in [-0.2, -0.15) is 13.2 Å². The third kappa shape index (κ3) is 4.50. The van der Waals surface area contributed by atoms with E-state index < -0.39 is 11.7 Å². The molecule has 0 N–H and O–H groups in total. The lowest BCUT2D eigenvalue weighted by Gasteiger charge is -2.39. The Kier molecular flexibility index (Phi) is 5.91. The van der Waals surface area contributed by atoms with E-state index in [-0.39, 0.29) is 23.8 Å². The Morgan fingerprint density at radius 1 is 1.29 bits per heavy atom. The number of carbonyl (C=O) groups is 1. The molecule has 1 aromatic carbocycles. The zero-order valence-corrected chi connectivity index (χ0v) is 14.3. The number of carbonyl (C=O) groups excluding carboxylic acids is 1. The van der Waals surface area contributed by atoms with E-state index >= 15 is 0 Å². The smallest absolute Gasteiger partial charge is 0.416 e. The van der Waals surface area contributed by atoms with Crippen LogP contribution >= 0.6 is 0 Å². The highest BCUT2D eigenvalue weighted by molar-refractivity contribution is 5.71. The molecule has 134 valence electrons. The molecule has 2 rings (SSSR count). The van der Waals surface area contributed by atoms with Crippen LogP contribution in [0.1, 0.15) is 43.9 Å². The topological polar surface area (TPSA) is 29.5 Å². The molecule has 6 heteroatoms. The second kappa shape index (κ2) is 7.55. The molecule has 0 bridgehead atoms. The van der Waals surface area contributed by atoms with Crippen molar-refractivity contribution in [2.24, 2.45) is 11.8 Å². The van der Waals surface area contributed by atoms with Crippen molar-refractivity contribution in [1.29, 1.82) is 0 Å². The SMILES string of the molecule is CC(C)C(=O)OCC1CCCN(C)C1c1ccc(C(F)(F)F)cc1. The van der Waals surface area contributed by atoms with Crippen LogP contribution in [0.5, 0.6) is 0 Å². The first-order valence-electron chi connectivity index (χ1n) is 8.24. The van der Waals surface area contributed by atoms with Crippen LogP contribution in [0, 0.1) is 11.8 Å². The normalized spacial score (nSPS) is 22.6. The molecule has 1 aromatic rings. The second-order valence-corrected chi connectivity index (χ2v) is 6.73. The van der Waals surface area contributed by atoms with Crippen molar-refractivity contribution < 1.29 is 22.7 Å². The summed E-state index contributed by atoms with van der Waals surface area (Å²) in [6.07, 6.45) is -2.46.